The molecule has 0 aromatic rings. The second-order valence-corrected chi connectivity index (χ2v) is 4.57. The molecular weight excluding hydrogens is 332 g/mol. The van der Waals surface area contributed by atoms with E-state index in [4.69, 9.17) is 0 Å². The van der Waals surface area contributed by atoms with E-state index in [0.29, 0.717) is 0 Å². The molecule has 2 atom stereocenters. The van der Waals surface area contributed by atoms with Gasteiger partial charge >= 0.3 is 28.5 Å². The molecule has 0 aromatic heterocycles. The number of ether oxygens (including phenoxy) is 2. The maximum atomic E-state index is 12.9. The van der Waals surface area contributed by atoms with Gasteiger partial charge in [-0.1, -0.05) is 0 Å². The van der Waals surface area contributed by atoms with Gasteiger partial charge in [-0.25, -0.2) is 0 Å². The lowest BCUT2D eigenvalue weighted by Crippen LogP contribution is -2.41. The maximum Gasteiger partial charge on any atom is 0.421 e. The van der Waals surface area contributed by atoms with Crippen LogP contribution in [-0.2, 0) is 19.7 Å². The van der Waals surface area contributed by atoms with E-state index in [-0.39, 0.29) is 0 Å². The van der Waals surface area contributed by atoms with Gasteiger partial charge in [0.1, 0.15) is 5.75 Å². The van der Waals surface area contributed by atoms with Crippen LogP contribution in [0, 0.1) is 0 Å². The Morgan fingerprint density at radius 3 is 2.00 bits per heavy atom. The minimum atomic E-state index is -5.54. The van der Waals surface area contributed by atoms with Crippen molar-refractivity contribution >= 4 is 10.2 Å². The summed E-state index contributed by atoms with van der Waals surface area (Å²) >= 11 is 0. The van der Waals surface area contributed by atoms with E-state index in [1.54, 1.807) is 0 Å². The van der Waals surface area contributed by atoms with Gasteiger partial charge in [-0.05, 0) is 0 Å². The van der Waals surface area contributed by atoms with E-state index in [9.17, 15) is 43.0 Å². The van der Waals surface area contributed by atoms with E-state index in [1.165, 1.54) is 0 Å². The van der Waals surface area contributed by atoms with Crippen molar-refractivity contribution in [3.63, 3.8) is 0 Å². The average Bonchev–Trinajstić information content (AvgIpc) is 2.20. The Labute approximate surface area is 107 Å². The summed E-state index contributed by atoms with van der Waals surface area (Å²) in [6.45, 7) is -1.45. The average molecular weight is 338 g/mol. The standard InChI is InChI=1S/C7H6F8O4S/c8-4(9)6(11)19-5(10)3(7(12,13)14)18-1-2-20(15,16)17/h3,5H,1-2H2. The first-order valence-electron chi connectivity index (χ1n) is 4.46. The molecule has 0 amide bonds. The minimum absolute atomic E-state index is 1.45. The minimum Gasteiger partial charge on any atom is -0.429 e. The van der Waals surface area contributed by atoms with E-state index < -0.39 is 53.3 Å². The monoisotopic (exact) mass is 338 g/mol. The van der Waals surface area contributed by atoms with Crippen molar-refractivity contribution in [2.75, 3.05) is 12.4 Å². The molecule has 4 nitrogen and oxygen atoms in total. The van der Waals surface area contributed by atoms with Gasteiger partial charge in [-0.3, -0.25) is 0 Å². The molecular formula is C7H6F8O4S. The van der Waals surface area contributed by atoms with Crippen LogP contribution in [0.4, 0.5) is 34.6 Å². The van der Waals surface area contributed by atoms with Crippen LogP contribution in [0.1, 0.15) is 0 Å². The van der Waals surface area contributed by atoms with Crippen LogP contribution in [0.2, 0.25) is 0 Å². The maximum absolute atomic E-state index is 12.9. The predicted molar refractivity (Wildman–Crippen MR) is 47.0 cm³/mol. The molecule has 0 saturated heterocycles. The zero-order chi connectivity index (χ0) is 16.1. The molecule has 0 fully saturated rings. The summed E-state index contributed by atoms with van der Waals surface area (Å²) < 4.78 is 123. The summed E-state index contributed by atoms with van der Waals surface area (Å²) in [7, 11) is -5.19. The molecule has 0 rings (SSSR count). The first-order chi connectivity index (χ1) is 8.84. The van der Waals surface area contributed by atoms with Gasteiger partial charge in [0.15, 0.2) is 0 Å². The summed E-state index contributed by atoms with van der Waals surface area (Å²) in [5, 5.41) is 0. The molecule has 0 radical (unpaired) electrons. The lowest BCUT2D eigenvalue weighted by molar-refractivity contribution is -0.270. The quantitative estimate of drug-likeness (QED) is 0.407. The van der Waals surface area contributed by atoms with Crippen molar-refractivity contribution < 1.29 is 52.5 Å². The SMILES string of the molecule is O=S(=O)(F)CCOC(C(F)OC(F)=C(F)F)C(F)(F)F. The highest BCUT2D eigenvalue weighted by Crippen LogP contribution is 2.29. The third-order valence-electron chi connectivity index (χ3n) is 1.55. The second kappa shape index (κ2) is 7.06. The zero-order valence-corrected chi connectivity index (χ0v) is 9.95. The van der Waals surface area contributed by atoms with Crippen molar-refractivity contribution in [2.45, 2.75) is 18.6 Å². The van der Waals surface area contributed by atoms with Crippen LogP contribution in [0.5, 0.6) is 0 Å². The highest BCUT2D eigenvalue weighted by atomic mass is 32.3. The largest absolute Gasteiger partial charge is 0.429 e. The zero-order valence-electron chi connectivity index (χ0n) is 9.13. The van der Waals surface area contributed by atoms with Crippen molar-refractivity contribution in [3.8, 4) is 0 Å². The third-order valence-corrected chi connectivity index (χ3v) is 2.20. The molecule has 0 heterocycles. The fraction of sp³-hybridized carbons (Fsp3) is 0.714. The van der Waals surface area contributed by atoms with Crippen molar-refractivity contribution in [3.05, 3.63) is 12.1 Å². The highest BCUT2D eigenvalue weighted by Gasteiger charge is 2.48. The number of halogens is 8. The summed E-state index contributed by atoms with van der Waals surface area (Å²) in [6, 6.07) is -2.89. The Kier molecular flexibility index (Phi) is 6.67. The first-order valence-corrected chi connectivity index (χ1v) is 6.02. The molecule has 0 aliphatic rings. The van der Waals surface area contributed by atoms with E-state index >= 15 is 0 Å². The molecule has 20 heavy (non-hydrogen) atoms. The summed E-state index contributed by atoms with van der Waals surface area (Å²) in [5.41, 5.74) is 0. The van der Waals surface area contributed by atoms with Gasteiger partial charge in [0.25, 0.3) is 6.36 Å². The Balaban J connectivity index is 4.78. The normalized spacial score (nSPS) is 15.6. The lowest BCUT2D eigenvalue weighted by Gasteiger charge is -2.23. The van der Waals surface area contributed by atoms with Crippen LogP contribution in [0.15, 0.2) is 12.1 Å². The Morgan fingerprint density at radius 2 is 1.65 bits per heavy atom. The smallest absolute Gasteiger partial charge is 0.421 e. The Hall–Kier alpha value is -1.11. The topological polar surface area (TPSA) is 52.6 Å². The van der Waals surface area contributed by atoms with Crippen LogP contribution in [-0.4, -0.2) is 39.4 Å². The molecule has 0 spiro atoms. The van der Waals surface area contributed by atoms with Gasteiger partial charge < -0.3 is 9.47 Å². The Morgan fingerprint density at radius 1 is 1.15 bits per heavy atom. The van der Waals surface area contributed by atoms with Crippen molar-refractivity contribution in [1.82, 2.24) is 0 Å². The van der Waals surface area contributed by atoms with Crippen LogP contribution < -0.4 is 0 Å². The van der Waals surface area contributed by atoms with Gasteiger partial charge in [0.05, 0.1) is 6.61 Å². The van der Waals surface area contributed by atoms with Crippen molar-refractivity contribution in [1.29, 1.82) is 0 Å². The lowest BCUT2D eigenvalue weighted by atomic mass is 10.3. The van der Waals surface area contributed by atoms with Crippen LogP contribution in [0.3, 0.4) is 0 Å². The van der Waals surface area contributed by atoms with Crippen molar-refractivity contribution in [2.24, 2.45) is 0 Å². The van der Waals surface area contributed by atoms with Crippen LogP contribution >= 0.6 is 0 Å². The number of alkyl halides is 4. The number of rotatable bonds is 7. The van der Waals surface area contributed by atoms with Gasteiger partial charge in [-0.15, -0.1) is 3.89 Å². The highest BCUT2D eigenvalue weighted by molar-refractivity contribution is 7.86. The Bertz CT molecular complexity index is 440. The number of hydrogen-bond acceptors (Lipinski definition) is 4. The van der Waals surface area contributed by atoms with E-state index in [1.807, 2.05) is 0 Å². The van der Waals surface area contributed by atoms with Crippen LogP contribution in [0.25, 0.3) is 0 Å². The van der Waals surface area contributed by atoms with E-state index in [2.05, 4.69) is 9.47 Å². The summed E-state index contributed by atoms with van der Waals surface area (Å²) in [6.07, 6.45) is -16.1. The molecule has 0 saturated carbocycles. The summed E-state index contributed by atoms with van der Waals surface area (Å²) in [4.78, 5) is 0. The number of hydrogen-bond donors (Lipinski definition) is 0. The molecule has 0 aliphatic heterocycles. The molecule has 0 bridgehead atoms. The molecule has 120 valence electrons. The molecule has 0 N–H and O–H groups in total. The third kappa shape index (κ3) is 7.47. The second-order valence-electron chi connectivity index (χ2n) is 3.08. The predicted octanol–water partition coefficient (Wildman–Crippen LogP) is 2.58. The van der Waals surface area contributed by atoms with E-state index in [0.717, 1.165) is 0 Å². The van der Waals surface area contributed by atoms with Gasteiger partial charge in [0.2, 0.25) is 6.10 Å². The molecule has 2 unspecified atom stereocenters. The van der Waals surface area contributed by atoms with Gasteiger partial charge in [-0.2, -0.15) is 39.2 Å². The molecule has 0 aromatic carbocycles. The summed E-state index contributed by atoms with van der Waals surface area (Å²) in [5.74, 6) is -1.54. The van der Waals surface area contributed by atoms with Gasteiger partial charge in [0, 0.05) is 0 Å². The fourth-order valence-electron chi connectivity index (χ4n) is 0.799. The molecule has 13 heteroatoms. The molecule has 0 aliphatic carbocycles. The fourth-order valence-corrected chi connectivity index (χ4v) is 1.09. The first kappa shape index (κ1) is 18.9.